The van der Waals surface area contributed by atoms with Crippen molar-refractivity contribution in [1.29, 1.82) is 0 Å². The molecule has 0 spiro atoms. The Morgan fingerprint density at radius 1 is 1.48 bits per heavy atom. The lowest BCUT2D eigenvalue weighted by Crippen LogP contribution is -2.13. The number of aliphatic imine (C=N–C) groups is 1. The number of carbonyl (C=O) groups is 1. The largest absolute Gasteiger partial charge is 0.494 e. The number of hydrogen-bond acceptors (Lipinski definition) is 7. The second-order valence-corrected chi connectivity index (χ2v) is 7.44. The first kappa shape index (κ1) is 17.6. The Bertz CT molecular complexity index is 971. The van der Waals surface area contributed by atoms with Gasteiger partial charge in [-0.2, -0.15) is 0 Å². The third kappa shape index (κ3) is 3.42. The molecule has 0 bridgehead atoms. The Kier molecular flexibility index (Phi) is 4.87. The van der Waals surface area contributed by atoms with Gasteiger partial charge >= 0.3 is 5.97 Å². The van der Waals surface area contributed by atoms with Crippen LogP contribution in [-0.2, 0) is 17.6 Å². The van der Waals surface area contributed by atoms with E-state index in [1.165, 1.54) is 24.7 Å². The van der Waals surface area contributed by atoms with E-state index in [2.05, 4.69) is 21.9 Å². The fourth-order valence-electron chi connectivity index (χ4n) is 2.87. The molecule has 0 aliphatic heterocycles. The van der Waals surface area contributed by atoms with Crippen LogP contribution in [0.1, 0.15) is 39.7 Å². The van der Waals surface area contributed by atoms with Gasteiger partial charge in [0, 0.05) is 11.1 Å². The van der Waals surface area contributed by atoms with Crippen LogP contribution >= 0.6 is 23.6 Å². The van der Waals surface area contributed by atoms with Gasteiger partial charge in [-0.15, -0.1) is 11.3 Å². The third-order valence-corrected chi connectivity index (χ3v) is 5.52. The van der Waals surface area contributed by atoms with Crippen molar-refractivity contribution in [3.05, 3.63) is 36.7 Å². The third-order valence-electron chi connectivity index (χ3n) is 4.15. The second kappa shape index (κ2) is 6.93. The zero-order valence-corrected chi connectivity index (χ0v) is 15.3. The zero-order chi connectivity index (χ0) is 18.1. The highest BCUT2D eigenvalue weighted by Gasteiger charge is 2.27. The minimum absolute atomic E-state index is 0.0236. The highest BCUT2D eigenvalue weighted by molar-refractivity contribution is 7.71. The molecule has 0 saturated carbocycles. The second-order valence-electron chi connectivity index (χ2n) is 5.95. The summed E-state index contributed by atoms with van der Waals surface area (Å²) in [6.45, 7) is 2.17. The predicted octanol–water partition coefficient (Wildman–Crippen LogP) is 2.86. The van der Waals surface area contributed by atoms with E-state index in [0.29, 0.717) is 16.5 Å². The number of carbonyl (C=O) groups excluding carboxylic acids is 1. The number of aromatic hydroxyl groups is 1. The standard InChI is InChI=1S/C16H17N3O4S2/c1-7-3-4-8-10(5-7)25-14(11(8)15(22)23-2)17-6-9-12(20)18-16(24)19-13(9)21/h6-7H,3-5H2,1-2H3,(H3,18,19,20,21,24)/t7-/m0/s1. The molecule has 2 aromatic heterocycles. The van der Waals surface area contributed by atoms with Gasteiger partial charge < -0.3 is 14.8 Å². The molecular weight excluding hydrogens is 362 g/mol. The van der Waals surface area contributed by atoms with Crippen LogP contribution in [0, 0.1) is 10.7 Å². The zero-order valence-electron chi connectivity index (χ0n) is 13.7. The van der Waals surface area contributed by atoms with E-state index in [4.69, 9.17) is 17.0 Å². The number of nitrogens with one attached hydrogen (secondary N) is 2. The number of rotatable bonds is 3. The summed E-state index contributed by atoms with van der Waals surface area (Å²) in [5, 5.41) is 10.3. The van der Waals surface area contributed by atoms with Crippen LogP contribution in [0.5, 0.6) is 5.88 Å². The molecule has 9 heteroatoms. The molecule has 0 aromatic carbocycles. The number of fused-ring (bicyclic) bond motifs is 1. The van der Waals surface area contributed by atoms with Crippen molar-refractivity contribution in [2.45, 2.75) is 26.2 Å². The van der Waals surface area contributed by atoms with Gasteiger partial charge in [0.2, 0.25) is 5.88 Å². The van der Waals surface area contributed by atoms with Crippen LogP contribution in [0.4, 0.5) is 5.00 Å². The van der Waals surface area contributed by atoms with Gasteiger partial charge in [0.15, 0.2) is 4.77 Å². The maximum absolute atomic E-state index is 12.2. The van der Waals surface area contributed by atoms with Crippen LogP contribution in [0.3, 0.4) is 0 Å². The van der Waals surface area contributed by atoms with E-state index < -0.39 is 11.5 Å². The molecule has 0 amide bonds. The molecule has 1 aliphatic rings. The number of aromatic amines is 2. The smallest absolute Gasteiger partial charge is 0.341 e. The summed E-state index contributed by atoms with van der Waals surface area (Å²) in [6.07, 6.45) is 3.93. The Labute approximate surface area is 152 Å². The molecule has 0 unspecified atom stereocenters. The Hall–Kier alpha value is -2.26. The number of nitrogens with zero attached hydrogens (tertiary/aromatic N) is 1. The van der Waals surface area contributed by atoms with Crippen LogP contribution in [0.15, 0.2) is 9.79 Å². The average Bonchev–Trinajstić information content (AvgIpc) is 2.90. The van der Waals surface area contributed by atoms with Crippen LogP contribution in [0.25, 0.3) is 0 Å². The normalized spacial score (nSPS) is 16.8. The number of ether oxygens (including phenoxy) is 1. The molecule has 0 fully saturated rings. The van der Waals surface area contributed by atoms with Crippen molar-refractivity contribution in [2.24, 2.45) is 10.9 Å². The summed E-state index contributed by atoms with van der Waals surface area (Å²) in [4.78, 5) is 34.4. The average molecular weight is 379 g/mol. The maximum atomic E-state index is 12.2. The van der Waals surface area contributed by atoms with Gasteiger partial charge in [0.25, 0.3) is 5.56 Å². The number of esters is 1. The van der Waals surface area contributed by atoms with E-state index in [9.17, 15) is 14.7 Å². The quantitative estimate of drug-likeness (QED) is 0.432. The fourth-order valence-corrected chi connectivity index (χ4v) is 4.40. The SMILES string of the molecule is COC(=O)c1c(N=Cc2c(O)[nH]c(=S)[nH]c2=O)sc2c1CC[C@H](C)C2. The molecule has 25 heavy (non-hydrogen) atoms. The lowest BCUT2D eigenvalue weighted by Gasteiger charge is -2.18. The van der Waals surface area contributed by atoms with E-state index >= 15 is 0 Å². The monoisotopic (exact) mass is 379 g/mol. The van der Waals surface area contributed by atoms with E-state index in [1.54, 1.807) is 0 Å². The summed E-state index contributed by atoms with van der Waals surface area (Å²) in [6, 6.07) is 0. The molecule has 0 radical (unpaired) electrons. The molecule has 1 aliphatic carbocycles. The highest BCUT2D eigenvalue weighted by Crippen LogP contribution is 2.41. The number of thiophene rings is 1. The van der Waals surface area contributed by atoms with Crippen molar-refractivity contribution < 1.29 is 14.6 Å². The Morgan fingerprint density at radius 3 is 2.92 bits per heavy atom. The number of hydrogen-bond donors (Lipinski definition) is 3. The topological polar surface area (TPSA) is 108 Å². The Balaban J connectivity index is 2.07. The van der Waals surface area contributed by atoms with Crippen molar-refractivity contribution in [3.8, 4) is 5.88 Å². The van der Waals surface area contributed by atoms with Gasteiger partial charge in [0.05, 0.1) is 12.7 Å². The van der Waals surface area contributed by atoms with Gasteiger partial charge in [0.1, 0.15) is 10.6 Å². The van der Waals surface area contributed by atoms with Gasteiger partial charge in [-0.1, -0.05) is 6.92 Å². The lowest BCUT2D eigenvalue weighted by atomic mass is 9.88. The number of H-pyrrole nitrogens is 2. The molecule has 132 valence electrons. The predicted molar refractivity (Wildman–Crippen MR) is 98.0 cm³/mol. The van der Waals surface area contributed by atoms with E-state index in [0.717, 1.165) is 29.7 Å². The van der Waals surface area contributed by atoms with Gasteiger partial charge in [-0.25, -0.2) is 9.79 Å². The first-order chi connectivity index (χ1) is 11.9. The van der Waals surface area contributed by atoms with E-state index in [-0.39, 0.29) is 16.2 Å². The van der Waals surface area contributed by atoms with Crippen molar-refractivity contribution in [2.75, 3.05) is 7.11 Å². The molecular formula is C16H17N3O4S2. The molecule has 2 heterocycles. The van der Waals surface area contributed by atoms with E-state index in [1.807, 2.05) is 0 Å². The van der Waals surface area contributed by atoms with Crippen LogP contribution < -0.4 is 5.56 Å². The first-order valence-corrected chi connectivity index (χ1v) is 8.95. The molecule has 7 nitrogen and oxygen atoms in total. The van der Waals surface area contributed by atoms with Crippen LogP contribution in [0.2, 0.25) is 0 Å². The minimum Gasteiger partial charge on any atom is -0.494 e. The number of methoxy groups -OCH3 is 1. The molecule has 2 aromatic rings. The van der Waals surface area contributed by atoms with Crippen molar-refractivity contribution >= 4 is 40.7 Å². The summed E-state index contributed by atoms with van der Waals surface area (Å²) < 4.78 is 4.92. The molecule has 3 rings (SSSR count). The first-order valence-electron chi connectivity index (χ1n) is 7.73. The van der Waals surface area contributed by atoms with Gasteiger partial charge in [-0.05, 0) is 43.0 Å². The lowest BCUT2D eigenvalue weighted by molar-refractivity contribution is 0.0600. The van der Waals surface area contributed by atoms with Crippen LogP contribution in [-0.4, -0.2) is 34.4 Å². The maximum Gasteiger partial charge on any atom is 0.341 e. The fraction of sp³-hybridized carbons (Fsp3) is 0.375. The van der Waals surface area contributed by atoms with Crippen molar-refractivity contribution in [3.63, 3.8) is 0 Å². The number of aromatic nitrogens is 2. The van der Waals surface area contributed by atoms with Crippen molar-refractivity contribution in [1.82, 2.24) is 9.97 Å². The molecule has 3 N–H and O–H groups in total. The summed E-state index contributed by atoms with van der Waals surface area (Å²) in [7, 11) is 1.33. The van der Waals surface area contributed by atoms with Gasteiger partial charge in [-0.3, -0.25) is 9.78 Å². The highest BCUT2D eigenvalue weighted by atomic mass is 32.1. The molecule has 0 saturated heterocycles. The molecule has 1 atom stereocenters. The Morgan fingerprint density at radius 2 is 2.24 bits per heavy atom. The minimum atomic E-state index is -0.556. The summed E-state index contributed by atoms with van der Waals surface area (Å²) in [5.74, 6) is -0.258. The summed E-state index contributed by atoms with van der Waals surface area (Å²) >= 11 is 6.21. The summed E-state index contributed by atoms with van der Waals surface area (Å²) in [5.41, 5.74) is 0.821.